The van der Waals surface area contributed by atoms with E-state index in [0.717, 1.165) is 11.3 Å². The summed E-state index contributed by atoms with van der Waals surface area (Å²) in [6.45, 7) is 7.12. The van der Waals surface area contributed by atoms with Gasteiger partial charge in [-0.25, -0.2) is 0 Å². The molecule has 1 heterocycles. The third-order valence-corrected chi connectivity index (χ3v) is 6.10. The predicted molar refractivity (Wildman–Crippen MR) is 61.7 cm³/mol. The number of hydrogen-bond acceptors (Lipinski definition) is 0. The van der Waals surface area contributed by atoms with E-state index in [0.29, 0.717) is 5.16 Å². The molecule has 2 unspecified atom stereocenters. The van der Waals surface area contributed by atoms with Gasteiger partial charge >= 0.3 is 0 Å². The van der Waals surface area contributed by atoms with Crippen LogP contribution in [0, 0.1) is 0 Å². The first-order chi connectivity index (χ1) is 6.11. The monoisotopic (exact) mass is 192 g/mol. The molecule has 0 aromatic rings. The molecule has 70 valence electrons. The minimum absolute atomic E-state index is 0.196. The summed E-state index contributed by atoms with van der Waals surface area (Å²) in [5.41, 5.74) is 1.72. The van der Waals surface area contributed by atoms with Crippen LogP contribution in [0.3, 0.4) is 0 Å². The Morgan fingerprint density at radius 1 is 0.846 bits per heavy atom. The fourth-order valence-corrected chi connectivity index (χ4v) is 5.35. The lowest BCUT2D eigenvalue weighted by Crippen LogP contribution is -2.05. The molecule has 1 aliphatic carbocycles. The maximum absolute atomic E-state index is 2.39. The molecule has 2 aliphatic rings. The van der Waals surface area contributed by atoms with E-state index in [1.54, 1.807) is 0 Å². The van der Waals surface area contributed by atoms with Crippen molar-refractivity contribution in [3.63, 3.8) is 0 Å². The Bertz CT molecular complexity index is 256. The van der Waals surface area contributed by atoms with E-state index in [1.165, 1.54) is 0 Å². The van der Waals surface area contributed by atoms with Crippen LogP contribution < -0.4 is 0 Å². The smallest absolute Gasteiger partial charge is 0.00866 e. The van der Waals surface area contributed by atoms with Gasteiger partial charge < -0.3 is 0 Å². The zero-order valence-corrected chi connectivity index (χ0v) is 9.46. The van der Waals surface area contributed by atoms with Crippen LogP contribution in [0.1, 0.15) is 20.8 Å². The summed E-state index contributed by atoms with van der Waals surface area (Å²) >= 11 is 0. The molecule has 0 radical (unpaired) electrons. The van der Waals surface area contributed by atoms with Gasteiger partial charge in [0.05, 0.1) is 0 Å². The molecule has 0 aromatic carbocycles. The first kappa shape index (κ1) is 9.21. The Morgan fingerprint density at radius 2 is 1.31 bits per heavy atom. The lowest BCUT2D eigenvalue weighted by molar-refractivity contribution is 0.792. The summed E-state index contributed by atoms with van der Waals surface area (Å²) in [6.07, 6.45) is 13.4. The van der Waals surface area contributed by atoms with Crippen molar-refractivity contribution in [3.05, 3.63) is 36.5 Å². The van der Waals surface area contributed by atoms with Crippen molar-refractivity contribution < 1.29 is 0 Å². The van der Waals surface area contributed by atoms with Gasteiger partial charge in [0.2, 0.25) is 0 Å². The van der Waals surface area contributed by atoms with Gasteiger partial charge in [-0.3, -0.25) is 0 Å². The van der Waals surface area contributed by atoms with Crippen molar-refractivity contribution in [3.8, 4) is 0 Å². The summed E-state index contributed by atoms with van der Waals surface area (Å²) in [6, 6.07) is 0. The summed E-state index contributed by atoms with van der Waals surface area (Å²) < 4.78 is 0. The molecule has 2 atom stereocenters. The van der Waals surface area contributed by atoms with Crippen LogP contribution in [-0.2, 0) is 0 Å². The molecule has 0 saturated carbocycles. The van der Waals surface area contributed by atoms with Crippen LogP contribution in [0.15, 0.2) is 36.5 Å². The van der Waals surface area contributed by atoms with Crippen LogP contribution in [0.5, 0.6) is 0 Å². The zero-order valence-electron chi connectivity index (χ0n) is 8.57. The van der Waals surface area contributed by atoms with Gasteiger partial charge in [0.15, 0.2) is 0 Å². The molecule has 0 N–H and O–H groups in total. The number of allylic oxidation sites excluding steroid dienone is 6. The molecule has 0 spiro atoms. The number of hydrogen-bond donors (Lipinski definition) is 0. The van der Waals surface area contributed by atoms with Crippen molar-refractivity contribution in [2.75, 3.05) is 0 Å². The third-order valence-electron chi connectivity index (χ3n) is 2.63. The Morgan fingerprint density at radius 3 is 1.69 bits per heavy atom. The van der Waals surface area contributed by atoms with E-state index in [1.807, 2.05) is 0 Å². The second-order valence-electron chi connectivity index (χ2n) is 4.71. The van der Waals surface area contributed by atoms with E-state index < -0.39 is 0 Å². The molecule has 1 aliphatic heterocycles. The molecule has 1 saturated heterocycles. The minimum Gasteiger partial charge on any atom is -0.0851 e. The van der Waals surface area contributed by atoms with Crippen LogP contribution in [-0.4, -0.2) is 16.5 Å². The van der Waals surface area contributed by atoms with E-state index in [-0.39, 0.29) is 7.92 Å². The van der Waals surface area contributed by atoms with Crippen LogP contribution in [0.4, 0.5) is 0 Å². The van der Waals surface area contributed by atoms with Crippen molar-refractivity contribution >= 4 is 7.92 Å². The largest absolute Gasteiger partial charge is 0.0851 e. The van der Waals surface area contributed by atoms with Crippen molar-refractivity contribution in [2.45, 2.75) is 37.2 Å². The lowest BCUT2D eigenvalue weighted by atomic mass is 10.2. The molecule has 0 aromatic heterocycles. The minimum atomic E-state index is 0.196. The SMILES string of the molecule is CC(C)(C)P1C2\C=C/C=C\C=C/C21. The van der Waals surface area contributed by atoms with Gasteiger partial charge in [-0.1, -0.05) is 65.1 Å². The standard InChI is InChI=1S/C12H17P/c1-12(2,3)13-10-8-6-4-5-7-9-11(10)13/h4-11H,1-3H3/b5-4-,8-6-,9-7-. The average molecular weight is 192 g/mol. The van der Waals surface area contributed by atoms with Crippen LogP contribution in [0.25, 0.3) is 0 Å². The van der Waals surface area contributed by atoms with Crippen molar-refractivity contribution in [2.24, 2.45) is 0 Å². The fourth-order valence-electron chi connectivity index (χ4n) is 2.06. The fraction of sp³-hybridized carbons (Fsp3) is 0.500. The maximum Gasteiger partial charge on any atom is 0.00866 e. The van der Waals surface area contributed by atoms with E-state index in [2.05, 4.69) is 57.2 Å². The third kappa shape index (κ3) is 1.79. The molecule has 0 nitrogen and oxygen atoms in total. The van der Waals surface area contributed by atoms with Crippen LogP contribution >= 0.6 is 7.92 Å². The summed E-state index contributed by atoms with van der Waals surface area (Å²) in [4.78, 5) is 0. The Balaban J connectivity index is 2.16. The Hall–Kier alpha value is -0.350. The molecular formula is C12H17P. The molecule has 2 rings (SSSR count). The second-order valence-corrected chi connectivity index (χ2v) is 8.06. The van der Waals surface area contributed by atoms with Gasteiger partial charge in [0.25, 0.3) is 0 Å². The second kappa shape index (κ2) is 3.10. The van der Waals surface area contributed by atoms with E-state index >= 15 is 0 Å². The summed E-state index contributed by atoms with van der Waals surface area (Å²) in [5, 5.41) is 0.518. The van der Waals surface area contributed by atoms with Gasteiger partial charge in [-0.2, -0.15) is 0 Å². The van der Waals surface area contributed by atoms with Gasteiger partial charge in [0, 0.05) is 11.3 Å². The lowest BCUT2D eigenvalue weighted by Gasteiger charge is -2.18. The molecular weight excluding hydrogens is 175 g/mol. The normalized spacial score (nSPS) is 44.1. The van der Waals surface area contributed by atoms with Crippen molar-refractivity contribution in [1.82, 2.24) is 0 Å². The van der Waals surface area contributed by atoms with E-state index in [9.17, 15) is 0 Å². The van der Waals surface area contributed by atoms with Crippen molar-refractivity contribution in [1.29, 1.82) is 0 Å². The quantitative estimate of drug-likeness (QED) is 0.513. The highest BCUT2D eigenvalue weighted by molar-refractivity contribution is 7.69. The Kier molecular flexibility index (Phi) is 2.20. The van der Waals surface area contributed by atoms with Gasteiger partial charge in [-0.15, -0.1) is 0 Å². The average Bonchev–Trinajstić information content (AvgIpc) is 2.59. The predicted octanol–water partition coefficient (Wildman–Crippen LogP) is 3.70. The molecule has 13 heavy (non-hydrogen) atoms. The highest BCUT2D eigenvalue weighted by atomic mass is 31.1. The topological polar surface area (TPSA) is 0 Å². The first-order valence-corrected chi connectivity index (χ1v) is 6.39. The number of fused-ring (bicyclic) bond motifs is 1. The first-order valence-electron chi connectivity index (χ1n) is 4.91. The highest BCUT2D eigenvalue weighted by Crippen LogP contribution is 2.74. The maximum atomic E-state index is 2.39. The van der Waals surface area contributed by atoms with Gasteiger partial charge in [0.1, 0.15) is 0 Å². The highest BCUT2D eigenvalue weighted by Gasteiger charge is 2.52. The molecule has 0 amide bonds. The van der Waals surface area contributed by atoms with Crippen LogP contribution in [0.2, 0.25) is 0 Å². The van der Waals surface area contributed by atoms with Gasteiger partial charge in [-0.05, 0) is 5.16 Å². The Labute approximate surface area is 82.2 Å². The molecule has 1 heteroatoms. The molecule has 0 bridgehead atoms. The zero-order chi connectivity index (χ0) is 9.47. The van der Waals surface area contributed by atoms with E-state index in [4.69, 9.17) is 0 Å². The summed E-state index contributed by atoms with van der Waals surface area (Å²) in [5.74, 6) is 0. The summed E-state index contributed by atoms with van der Waals surface area (Å²) in [7, 11) is 0.196. The molecule has 1 fully saturated rings. The number of rotatable bonds is 0.